The standard InChI is InChI=1S/C16H21N3O4S/c1-5-22-14(20)10-24-16-18-17-15(19(16)3)11(2)23-13-8-6-12(21-4)7-9-13/h6-9,11H,5,10H2,1-4H3. The molecule has 0 radical (unpaired) electrons. The third-order valence-corrected chi connectivity index (χ3v) is 4.22. The van der Waals surface area contributed by atoms with Gasteiger partial charge in [0.05, 0.1) is 19.5 Å². The van der Waals surface area contributed by atoms with Gasteiger partial charge in [0.2, 0.25) is 0 Å². The smallest absolute Gasteiger partial charge is 0.316 e. The van der Waals surface area contributed by atoms with E-state index < -0.39 is 0 Å². The molecule has 0 saturated heterocycles. The summed E-state index contributed by atoms with van der Waals surface area (Å²) in [6, 6.07) is 7.34. The van der Waals surface area contributed by atoms with E-state index in [1.165, 1.54) is 11.8 Å². The maximum absolute atomic E-state index is 11.4. The number of thioether (sulfide) groups is 1. The summed E-state index contributed by atoms with van der Waals surface area (Å²) in [6.07, 6.45) is -0.284. The van der Waals surface area contributed by atoms with Crippen molar-refractivity contribution in [1.29, 1.82) is 0 Å². The van der Waals surface area contributed by atoms with Gasteiger partial charge in [-0.3, -0.25) is 4.79 Å². The number of ether oxygens (including phenoxy) is 3. The summed E-state index contributed by atoms with van der Waals surface area (Å²) in [5, 5.41) is 8.91. The molecule has 1 heterocycles. The number of esters is 1. The van der Waals surface area contributed by atoms with Gasteiger partial charge < -0.3 is 18.8 Å². The predicted octanol–water partition coefficient (Wildman–Crippen LogP) is 2.62. The van der Waals surface area contributed by atoms with Gasteiger partial charge in [0, 0.05) is 7.05 Å². The Hall–Kier alpha value is -2.22. The van der Waals surface area contributed by atoms with E-state index in [2.05, 4.69) is 10.2 Å². The maximum Gasteiger partial charge on any atom is 0.316 e. The van der Waals surface area contributed by atoms with Crippen LogP contribution in [0.2, 0.25) is 0 Å². The molecular weight excluding hydrogens is 330 g/mol. The fourth-order valence-electron chi connectivity index (χ4n) is 2.04. The molecule has 1 aromatic heterocycles. The second-order valence-electron chi connectivity index (χ2n) is 4.93. The van der Waals surface area contributed by atoms with Crippen molar-refractivity contribution < 1.29 is 19.0 Å². The predicted molar refractivity (Wildman–Crippen MR) is 90.4 cm³/mol. The van der Waals surface area contributed by atoms with Gasteiger partial charge in [-0.15, -0.1) is 10.2 Å². The zero-order valence-electron chi connectivity index (χ0n) is 14.2. The Balaban J connectivity index is 1.99. The molecule has 8 heteroatoms. The van der Waals surface area contributed by atoms with Crippen LogP contribution in [0.1, 0.15) is 25.8 Å². The molecule has 2 rings (SSSR count). The van der Waals surface area contributed by atoms with E-state index in [4.69, 9.17) is 14.2 Å². The topological polar surface area (TPSA) is 75.5 Å². The third kappa shape index (κ3) is 4.64. The molecule has 0 aliphatic heterocycles. The average Bonchev–Trinajstić information content (AvgIpc) is 2.95. The van der Waals surface area contributed by atoms with Crippen LogP contribution in [-0.2, 0) is 16.6 Å². The van der Waals surface area contributed by atoms with Crippen molar-refractivity contribution in [2.24, 2.45) is 7.05 Å². The lowest BCUT2D eigenvalue weighted by atomic mass is 10.3. The number of nitrogens with zero attached hydrogens (tertiary/aromatic N) is 3. The highest BCUT2D eigenvalue weighted by Crippen LogP contribution is 2.25. The summed E-state index contributed by atoms with van der Waals surface area (Å²) in [4.78, 5) is 11.4. The highest BCUT2D eigenvalue weighted by molar-refractivity contribution is 7.99. The first-order chi connectivity index (χ1) is 11.5. The summed E-state index contributed by atoms with van der Waals surface area (Å²) in [6.45, 7) is 4.05. The van der Waals surface area contributed by atoms with E-state index in [1.54, 1.807) is 14.0 Å². The lowest BCUT2D eigenvalue weighted by molar-refractivity contribution is -0.139. The molecule has 0 aliphatic carbocycles. The molecule has 0 aliphatic rings. The molecule has 1 atom stereocenters. The van der Waals surface area contributed by atoms with Gasteiger partial charge >= 0.3 is 5.97 Å². The van der Waals surface area contributed by atoms with Crippen LogP contribution in [0.15, 0.2) is 29.4 Å². The first kappa shape index (κ1) is 18.1. The highest BCUT2D eigenvalue weighted by atomic mass is 32.2. The number of hydrogen-bond donors (Lipinski definition) is 0. The van der Waals surface area contributed by atoms with Crippen LogP contribution < -0.4 is 9.47 Å². The normalized spacial score (nSPS) is 11.8. The third-order valence-electron chi connectivity index (χ3n) is 3.23. The molecular formula is C16H21N3O4S. The zero-order valence-corrected chi connectivity index (χ0v) is 15.0. The highest BCUT2D eigenvalue weighted by Gasteiger charge is 2.18. The van der Waals surface area contributed by atoms with Crippen LogP contribution in [0.25, 0.3) is 0 Å². The van der Waals surface area contributed by atoms with E-state index in [0.29, 0.717) is 23.3 Å². The summed E-state index contributed by atoms with van der Waals surface area (Å²) < 4.78 is 17.7. The van der Waals surface area contributed by atoms with Gasteiger partial charge in [0.1, 0.15) is 11.5 Å². The van der Waals surface area contributed by atoms with Crippen LogP contribution in [0.4, 0.5) is 0 Å². The SMILES string of the molecule is CCOC(=O)CSc1nnc(C(C)Oc2ccc(OC)cc2)n1C. The van der Waals surface area contributed by atoms with E-state index >= 15 is 0 Å². The van der Waals surface area contributed by atoms with Gasteiger partial charge in [-0.05, 0) is 38.1 Å². The summed E-state index contributed by atoms with van der Waals surface area (Å²) in [5.74, 6) is 2.10. The van der Waals surface area contributed by atoms with Crippen LogP contribution in [0.5, 0.6) is 11.5 Å². The molecule has 24 heavy (non-hydrogen) atoms. The first-order valence-corrected chi connectivity index (χ1v) is 8.52. The zero-order chi connectivity index (χ0) is 17.5. The molecule has 7 nitrogen and oxygen atoms in total. The minimum absolute atomic E-state index is 0.202. The Morgan fingerprint density at radius 1 is 1.25 bits per heavy atom. The average molecular weight is 351 g/mol. The maximum atomic E-state index is 11.4. The van der Waals surface area contributed by atoms with Gasteiger partial charge in [-0.1, -0.05) is 11.8 Å². The quantitative estimate of drug-likeness (QED) is 0.534. The molecule has 0 saturated carbocycles. The molecule has 0 fully saturated rings. The van der Waals surface area contributed by atoms with Crippen molar-refractivity contribution in [3.8, 4) is 11.5 Å². The Labute approximate surface area is 145 Å². The lowest BCUT2D eigenvalue weighted by Crippen LogP contribution is -2.11. The summed E-state index contributed by atoms with van der Waals surface area (Å²) >= 11 is 1.29. The van der Waals surface area contributed by atoms with Crippen molar-refractivity contribution >= 4 is 17.7 Å². The Bertz CT molecular complexity index is 672. The number of carbonyl (C=O) groups is 1. The number of methoxy groups -OCH3 is 1. The lowest BCUT2D eigenvalue weighted by Gasteiger charge is -2.14. The van der Waals surface area contributed by atoms with Crippen molar-refractivity contribution in [1.82, 2.24) is 14.8 Å². The Morgan fingerprint density at radius 2 is 1.92 bits per heavy atom. The number of rotatable bonds is 8. The van der Waals surface area contributed by atoms with Crippen LogP contribution in [0, 0.1) is 0 Å². The Kier molecular flexibility index (Phi) is 6.48. The van der Waals surface area contributed by atoms with Crippen LogP contribution in [0.3, 0.4) is 0 Å². The van der Waals surface area contributed by atoms with E-state index in [0.717, 1.165) is 5.75 Å². The number of carbonyl (C=O) groups excluding carboxylic acids is 1. The monoisotopic (exact) mass is 351 g/mol. The van der Waals surface area contributed by atoms with Crippen molar-refractivity contribution in [3.63, 3.8) is 0 Å². The Morgan fingerprint density at radius 3 is 2.54 bits per heavy atom. The van der Waals surface area contributed by atoms with Gasteiger partial charge in [0.25, 0.3) is 0 Å². The molecule has 0 spiro atoms. The van der Waals surface area contributed by atoms with Crippen LogP contribution >= 0.6 is 11.8 Å². The number of benzene rings is 1. The second kappa shape index (κ2) is 8.58. The minimum atomic E-state index is -0.284. The second-order valence-corrected chi connectivity index (χ2v) is 5.87. The number of aromatic nitrogens is 3. The molecule has 130 valence electrons. The molecule has 1 aromatic carbocycles. The van der Waals surface area contributed by atoms with Crippen molar-refractivity contribution in [2.45, 2.75) is 25.1 Å². The van der Waals surface area contributed by atoms with Crippen molar-refractivity contribution in [3.05, 3.63) is 30.1 Å². The largest absolute Gasteiger partial charge is 0.497 e. The summed E-state index contributed by atoms with van der Waals surface area (Å²) in [5.41, 5.74) is 0. The van der Waals surface area contributed by atoms with E-state index in [1.807, 2.05) is 42.8 Å². The van der Waals surface area contributed by atoms with Crippen LogP contribution in [-0.4, -0.2) is 40.2 Å². The summed E-state index contributed by atoms with van der Waals surface area (Å²) in [7, 11) is 3.46. The van der Waals surface area contributed by atoms with Gasteiger partial charge in [-0.2, -0.15) is 0 Å². The molecule has 2 aromatic rings. The minimum Gasteiger partial charge on any atom is -0.497 e. The molecule has 0 amide bonds. The number of hydrogen-bond acceptors (Lipinski definition) is 7. The van der Waals surface area contributed by atoms with E-state index in [-0.39, 0.29) is 17.8 Å². The van der Waals surface area contributed by atoms with E-state index in [9.17, 15) is 4.79 Å². The molecule has 1 unspecified atom stereocenters. The fourth-order valence-corrected chi connectivity index (χ4v) is 2.76. The van der Waals surface area contributed by atoms with Gasteiger partial charge in [0.15, 0.2) is 17.1 Å². The van der Waals surface area contributed by atoms with Gasteiger partial charge in [-0.25, -0.2) is 0 Å². The fraction of sp³-hybridized carbons (Fsp3) is 0.438. The molecule has 0 bridgehead atoms. The first-order valence-electron chi connectivity index (χ1n) is 7.53. The van der Waals surface area contributed by atoms with Crippen molar-refractivity contribution in [2.75, 3.05) is 19.5 Å². The molecule has 0 N–H and O–H groups in total.